The van der Waals surface area contributed by atoms with Gasteiger partial charge in [0.25, 0.3) is 0 Å². The number of benzene rings is 1. The number of hydrogen-bond acceptors (Lipinski definition) is 4. The molecule has 0 atom stereocenters. The number of imide groups is 1. The van der Waals surface area contributed by atoms with Gasteiger partial charge in [-0.05, 0) is 30.7 Å². The summed E-state index contributed by atoms with van der Waals surface area (Å²) in [6, 6.07) is 6.84. The summed E-state index contributed by atoms with van der Waals surface area (Å²) < 4.78 is 5.58. The molecular weight excluding hydrogens is 322 g/mol. The number of nitrogens with one attached hydrogen (secondary N) is 1. The number of nitrogens with zero attached hydrogens (tertiary/aromatic N) is 2. The maximum atomic E-state index is 12.2. The summed E-state index contributed by atoms with van der Waals surface area (Å²) in [6.07, 6.45) is 2.67. The van der Waals surface area contributed by atoms with Crippen LogP contribution in [0.5, 0.6) is 5.75 Å². The minimum atomic E-state index is -0.227. The predicted octanol–water partition coefficient (Wildman–Crippen LogP) is 2.23. The normalized spacial score (nSPS) is 17.6. The van der Waals surface area contributed by atoms with Crippen molar-refractivity contribution in [3.8, 4) is 5.75 Å². The van der Waals surface area contributed by atoms with E-state index in [1.807, 2.05) is 12.1 Å². The second-order valence-electron chi connectivity index (χ2n) is 6.37. The lowest BCUT2D eigenvalue weighted by atomic mass is 10.1. The molecule has 1 aromatic carbocycles. The van der Waals surface area contributed by atoms with Crippen LogP contribution in [0, 0.1) is 0 Å². The third kappa shape index (κ3) is 3.92. The van der Waals surface area contributed by atoms with Gasteiger partial charge in [-0.25, -0.2) is 4.79 Å². The highest BCUT2D eigenvalue weighted by Crippen LogP contribution is 2.23. The summed E-state index contributed by atoms with van der Waals surface area (Å²) in [4.78, 5) is 38.5. The maximum Gasteiger partial charge on any atom is 0.321 e. The van der Waals surface area contributed by atoms with E-state index < -0.39 is 0 Å². The van der Waals surface area contributed by atoms with E-state index in [0.29, 0.717) is 25.4 Å². The number of likely N-dealkylation sites (tertiary alicyclic amines) is 2. The van der Waals surface area contributed by atoms with E-state index in [0.717, 1.165) is 18.6 Å². The molecule has 2 saturated heterocycles. The van der Waals surface area contributed by atoms with Crippen molar-refractivity contribution in [3.63, 3.8) is 0 Å². The molecule has 0 radical (unpaired) electrons. The van der Waals surface area contributed by atoms with Crippen molar-refractivity contribution in [2.45, 2.75) is 38.6 Å². The van der Waals surface area contributed by atoms with E-state index in [1.165, 1.54) is 4.90 Å². The highest BCUT2D eigenvalue weighted by Gasteiger charge is 2.42. The van der Waals surface area contributed by atoms with Gasteiger partial charge in [-0.3, -0.25) is 14.5 Å². The van der Waals surface area contributed by atoms with Crippen LogP contribution in [0.1, 0.15) is 32.6 Å². The standard InChI is InChI=1S/C18H23N3O4/c1-2-3-10-25-15-6-4-13(5-7-15)19-18(24)20-11-14(12-20)21-16(22)8-9-17(21)23/h4-7,14H,2-3,8-12H2,1H3,(H,19,24). The van der Waals surface area contributed by atoms with E-state index >= 15 is 0 Å². The van der Waals surface area contributed by atoms with Crippen molar-refractivity contribution in [2.75, 3.05) is 25.0 Å². The van der Waals surface area contributed by atoms with Crippen LogP contribution in [0.15, 0.2) is 24.3 Å². The molecule has 7 heteroatoms. The number of amides is 4. The average Bonchev–Trinajstić information content (AvgIpc) is 2.88. The summed E-state index contributed by atoms with van der Waals surface area (Å²) in [6.45, 7) is 3.58. The van der Waals surface area contributed by atoms with E-state index in [1.54, 1.807) is 17.0 Å². The topological polar surface area (TPSA) is 79.0 Å². The van der Waals surface area contributed by atoms with Gasteiger partial charge >= 0.3 is 6.03 Å². The number of hydrogen-bond donors (Lipinski definition) is 1. The predicted molar refractivity (Wildman–Crippen MR) is 92.3 cm³/mol. The molecule has 2 aliphatic rings. The van der Waals surface area contributed by atoms with Crippen LogP contribution in [0.2, 0.25) is 0 Å². The molecule has 0 aliphatic carbocycles. The number of ether oxygens (including phenoxy) is 1. The molecule has 4 amide bonds. The van der Waals surface area contributed by atoms with Crippen LogP contribution in [0.4, 0.5) is 10.5 Å². The molecule has 0 saturated carbocycles. The van der Waals surface area contributed by atoms with Crippen molar-refractivity contribution < 1.29 is 19.1 Å². The number of unbranched alkanes of at least 4 members (excludes halogenated alkanes) is 1. The van der Waals surface area contributed by atoms with Crippen molar-refractivity contribution in [1.29, 1.82) is 0 Å². The second-order valence-corrected chi connectivity index (χ2v) is 6.37. The van der Waals surface area contributed by atoms with E-state index in [2.05, 4.69) is 12.2 Å². The molecule has 2 heterocycles. The Hall–Kier alpha value is -2.57. The third-order valence-corrected chi connectivity index (χ3v) is 4.48. The molecule has 3 rings (SSSR count). The van der Waals surface area contributed by atoms with Gasteiger partial charge in [-0.1, -0.05) is 13.3 Å². The van der Waals surface area contributed by atoms with Crippen LogP contribution < -0.4 is 10.1 Å². The fourth-order valence-electron chi connectivity index (χ4n) is 2.96. The highest BCUT2D eigenvalue weighted by atomic mass is 16.5. The first-order chi connectivity index (χ1) is 12.1. The Morgan fingerprint density at radius 3 is 2.40 bits per heavy atom. The monoisotopic (exact) mass is 345 g/mol. The van der Waals surface area contributed by atoms with Gasteiger partial charge in [0.05, 0.1) is 12.6 Å². The van der Waals surface area contributed by atoms with Crippen LogP contribution in [-0.4, -0.2) is 53.4 Å². The van der Waals surface area contributed by atoms with Gasteiger partial charge in [-0.15, -0.1) is 0 Å². The average molecular weight is 345 g/mol. The number of carbonyl (C=O) groups excluding carboxylic acids is 3. The Kier molecular flexibility index (Phi) is 5.21. The number of rotatable bonds is 6. The number of urea groups is 1. The molecule has 0 bridgehead atoms. The molecule has 134 valence electrons. The molecule has 1 aromatic rings. The van der Waals surface area contributed by atoms with Crippen LogP contribution >= 0.6 is 0 Å². The zero-order valence-corrected chi connectivity index (χ0v) is 14.4. The van der Waals surface area contributed by atoms with Crippen LogP contribution in [0.3, 0.4) is 0 Å². The van der Waals surface area contributed by atoms with Crippen LogP contribution in [-0.2, 0) is 9.59 Å². The Morgan fingerprint density at radius 2 is 1.80 bits per heavy atom. The number of anilines is 1. The summed E-state index contributed by atoms with van der Waals surface area (Å²) in [5.41, 5.74) is 0.685. The fourth-order valence-corrected chi connectivity index (χ4v) is 2.96. The Labute approximate surface area is 146 Å². The van der Waals surface area contributed by atoms with E-state index in [-0.39, 0.29) is 36.7 Å². The van der Waals surface area contributed by atoms with Crippen molar-refractivity contribution in [2.24, 2.45) is 0 Å². The van der Waals surface area contributed by atoms with Crippen molar-refractivity contribution >= 4 is 23.5 Å². The highest BCUT2D eigenvalue weighted by molar-refractivity contribution is 6.02. The third-order valence-electron chi connectivity index (χ3n) is 4.48. The van der Waals surface area contributed by atoms with E-state index in [9.17, 15) is 14.4 Å². The zero-order valence-electron chi connectivity index (χ0n) is 14.4. The molecule has 2 aliphatic heterocycles. The largest absolute Gasteiger partial charge is 0.494 e. The fraction of sp³-hybridized carbons (Fsp3) is 0.500. The summed E-state index contributed by atoms with van der Waals surface area (Å²) in [5, 5.41) is 2.81. The minimum Gasteiger partial charge on any atom is -0.494 e. The van der Waals surface area contributed by atoms with Gasteiger partial charge in [0.2, 0.25) is 11.8 Å². The van der Waals surface area contributed by atoms with Crippen LogP contribution in [0.25, 0.3) is 0 Å². The first-order valence-electron chi connectivity index (χ1n) is 8.72. The minimum absolute atomic E-state index is 0.131. The SMILES string of the molecule is CCCCOc1ccc(NC(=O)N2CC(N3C(=O)CCC3=O)C2)cc1. The van der Waals surface area contributed by atoms with Crippen molar-refractivity contribution in [1.82, 2.24) is 9.80 Å². The Balaban J connectivity index is 1.46. The summed E-state index contributed by atoms with van der Waals surface area (Å²) in [7, 11) is 0. The zero-order chi connectivity index (χ0) is 17.8. The smallest absolute Gasteiger partial charge is 0.321 e. The summed E-state index contributed by atoms with van der Waals surface area (Å²) in [5.74, 6) is 0.518. The van der Waals surface area contributed by atoms with Gasteiger partial charge < -0.3 is 15.0 Å². The quantitative estimate of drug-likeness (QED) is 0.633. The summed E-state index contributed by atoms with van der Waals surface area (Å²) >= 11 is 0. The maximum absolute atomic E-state index is 12.2. The second kappa shape index (κ2) is 7.55. The lowest BCUT2D eigenvalue weighted by Crippen LogP contribution is -2.63. The number of carbonyl (C=O) groups is 3. The van der Waals surface area contributed by atoms with Gasteiger partial charge in [0, 0.05) is 31.6 Å². The molecule has 2 fully saturated rings. The molecule has 1 N–H and O–H groups in total. The lowest BCUT2D eigenvalue weighted by Gasteiger charge is -2.42. The van der Waals surface area contributed by atoms with E-state index in [4.69, 9.17) is 4.74 Å². The van der Waals surface area contributed by atoms with Gasteiger partial charge in [0.1, 0.15) is 5.75 Å². The molecule has 0 unspecified atom stereocenters. The first-order valence-corrected chi connectivity index (χ1v) is 8.72. The molecule has 25 heavy (non-hydrogen) atoms. The van der Waals surface area contributed by atoms with Gasteiger partial charge in [0.15, 0.2) is 0 Å². The van der Waals surface area contributed by atoms with Gasteiger partial charge in [-0.2, -0.15) is 0 Å². The molecule has 0 aromatic heterocycles. The lowest BCUT2D eigenvalue weighted by molar-refractivity contribution is -0.144. The molecule has 7 nitrogen and oxygen atoms in total. The molecular formula is C18H23N3O4. The Bertz CT molecular complexity index is 637. The molecule has 0 spiro atoms. The van der Waals surface area contributed by atoms with Crippen molar-refractivity contribution in [3.05, 3.63) is 24.3 Å². The Morgan fingerprint density at radius 1 is 1.16 bits per heavy atom. The first kappa shape index (κ1) is 17.3.